The molecule has 170 valence electrons. The summed E-state index contributed by atoms with van der Waals surface area (Å²) in [7, 11) is 0. The van der Waals surface area contributed by atoms with E-state index in [1.807, 2.05) is 11.0 Å². The highest BCUT2D eigenvalue weighted by Gasteiger charge is 2.21. The number of amides is 1. The number of anilines is 1. The standard InChI is InChI=1S/C24H26N6O2S/c1-2-17-12-19-18(7-11-32-19)13-20(17)33-24-28-21-22(25)26-14-27-23(21)30(24)8-3-4-16-5-9-29(15-31)10-6-16/h1,12-16H,3-11H2,(H2,25,26,27). The van der Waals surface area contributed by atoms with Crippen LogP contribution in [0.2, 0.25) is 0 Å². The third kappa shape index (κ3) is 4.35. The van der Waals surface area contributed by atoms with Gasteiger partial charge in [-0.15, -0.1) is 6.42 Å². The van der Waals surface area contributed by atoms with Gasteiger partial charge in [0.25, 0.3) is 0 Å². The second-order valence-electron chi connectivity index (χ2n) is 8.51. The Kier molecular flexibility index (Phi) is 6.09. The van der Waals surface area contributed by atoms with Crippen molar-refractivity contribution in [1.82, 2.24) is 24.4 Å². The number of imidazole rings is 1. The quantitative estimate of drug-likeness (QED) is 0.425. The van der Waals surface area contributed by atoms with Crippen molar-refractivity contribution >= 4 is 35.2 Å². The predicted octanol–water partition coefficient (Wildman–Crippen LogP) is 3.12. The molecule has 0 saturated carbocycles. The van der Waals surface area contributed by atoms with Gasteiger partial charge < -0.3 is 19.9 Å². The van der Waals surface area contributed by atoms with E-state index in [4.69, 9.17) is 21.9 Å². The smallest absolute Gasteiger partial charge is 0.209 e. The van der Waals surface area contributed by atoms with Gasteiger partial charge >= 0.3 is 0 Å². The number of aryl methyl sites for hydroxylation is 1. The number of rotatable bonds is 7. The van der Waals surface area contributed by atoms with Crippen molar-refractivity contribution in [3.63, 3.8) is 0 Å². The molecule has 0 aliphatic carbocycles. The summed E-state index contributed by atoms with van der Waals surface area (Å²) in [5, 5.41) is 0.809. The Morgan fingerprint density at radius 3 is 2.94 bits per heavy atom. The number of fused-ring (bicyclic) bond motifs is 2. The van der Waals surface area contributed by atoms with Crippen LogP contribution in [-0.4, -0.2) is 50.5 Å². The maximum Gasteiger partial charge on any atom is 0.209 e. The number of terminal acetylenes is 1. The number of benzene rings is 1. The van der Waals surface area contributed by atoms with Crippen LogP contribution < -0.4 is 10.5 Å². The van der Waals surface area contributed by atoms with Crippen molar-refractivity contribution < 1.29 is 9.53 Å². The second kappa shape index (κ2) is 9.32. The summed E-state index contributed by atoms with van der Waals surface area (Å²) in [6.45, 7) is 3.17. The first-order chi connectivity index (χ1) is 16.2. The molecule has 2 aromatic heterocycles. The van der Waals surface area contributed by atoms with Gasteiger partial charge in [-0.1, -0.05) is 17.7 Å². The fraction of sp³-hybridized carbons (Fsp3) is 0.417. The molecule has 2 N–H and O–H groups in total. The average Bonchev–Trinajstić information content (AvgIpc) is 3.44. The van der Waals surface area contributed by atoms with Crippen LogP contribution in [0.5, 0.6) is 5.75 Å². The zero-order valence-electron chi connectivity index (χ0n) is 18.4. The van der Waals surface area contributed by atoms with Gasteiger partial charge in [0.2, 0.25) is 6.41 Å². The lowest BCUT2D eigenvalue weighted by Crippen LogP contribution is -2.32. The number of carbonyl (C=O) groups is 1. The van der Waals surface area contributed by atoms with Crippen molar-refractivity contribution in [3.8, 4) is 18.1 Å². The lowest BCUT2D eigenvalue weighted by atomic mass is 9.92. The first-order valence-corrected chi connectivity index (χ1v) is 12.1. The number of aromatic nitrogens is 4. The van der Waals surface area contributed by atoms with E-state index in [1.165, 1.54) is 11.9 Å². The molecule has 9 heteroatoms. The largest absolute Gasteiger partial charge is 0.493 e. The number of nitrogens with two attached hydrogens (primary N) is 1. The summed E-state index contributed by atoms with van der Waals surface area (Å²) in [5.41, 5.74) is 9.43. The molecular formula is C24H26N6O2S. The Balaban J connectivity index is 1.39. The van der Waals surface area contributed by atoms with Gasteiger partial charge in [0.05, 0.1) is 6.61 Å². The maximum atomic E-state index is 11.0. The molecule has 3 aromatic rings. The van der Waals surface area contributed by atoms with Crippen LogP contribution in [0.15, 0.2) is 28.5 Å². The summed E-state index contributed by atoms with van der Waals surface area (Å²) >= 11 is 1.54. The van der Waals surface area contributed by atoms with Gasteiger partial charge in [0, 0.05) is 36.5 Å². The summed E-state index contributed by atoms with van der Waals surface area (Å²) in [4.78, 5) is 27.2. The van der Waals surface area contributed by atoms with Gasteiger partial charge in [-0.3, -0.25) is 4.79 Å². The molecule has 0 unspecified atom stereocenters. The number of ether oxygens (including phenoxy) is 1. The molecule has 0 radical (unpaired) electrons. The molecule has 5 rings (SSSR count). The van der Waals surface area contributed by atoms with E-state index in [0.29, 0.717) is 23.9 Å². The number of hydrogen-bond donors (Lipinski definition) is 1. The number of nitrogen functional groups attached to an aromatic ring is 1. The van der Waals surface area contributed by atoms with Crippen LogP contribution >= 0.6 is 11.8 Å². The van der Waals surface area contributed by atoms with Crippen LogP contribution in [0.3, 0.4) is 0 Å². The highest BCUT2D eigenvalue weighted by Crippen LogP contribution is 2.38. The van der Waals surface area contributed by atoms with Gasteiger partial charge in [-0.2, -0.15) is 0 Å². The number of piperidine rings is 1. The first kappa shape index (κ1) is 21.6. The monoisotopic (exact) mass is 462 g/mol. The van der Waals surface area contributed by atoms with E-state index >= 15 is 0 Å². The lowest BCUT2D eigenvalue weighted by Gasteiger charge is -2.29. The molecule has 4 heterocycles. The Bertz CT molecular complexity index is 1230. The molecule has 2 aliphatic heterocycles. The normalized spacial score (nSPS) is 15.9. The fourth-order valence-electron chi connectivity index (χ4n) is 4.60. The van der Waals surface area contributed by atoms with Crippen LogP contribution in [0.4, 0.5) is 5.82 Å². The number of nitrogens with zero attached hydrogens (tertiary/aromatic N) is 5. The third-order valence-electron chi connectivity index (χ3n) is 6.47. The lowest BCUT2D eigenvalue weighted by molar-refractivity contribution is -0.119. The molecule has 1 saturated heterocycles. The minimum atomic E-state index is 0.376. The van der Waals surface area contributed by atoms with E-state index in [9.17, 15) is 4.79 Å². The van der Waals surface area contributed by atoms with Crippen LogP contribution in [0.1, 0.15) is 36.8 Å². The molecule has 33 heavy (non-hydrogen) atoms. The van der Waals surface area contributed by atoms with E-state index in [1.54, 1.807) is 11.8 Å². The summed E-state index contributed by atoms with van der Waals surface area (Å²) in [5.74, 6) is 4.67. The molecule has 0 spiro atoms. The van der Waals surface area contributed by atoms with E-state index < -0.39 is 0 Å². The Morgan fingerprint density at radius 1 is 1.30 bits per heavy atom. The molecule has 1 amide bonds. The Labute approximate surface area is 196 Å². The molecule has 0 atom stereocenters. The van der Waals surface area contributed by atoms with Crippen molar-refractivity contribution in [1.29, 1.82) is 0 Å². The average molecular weight is 463 g/mol. The number of likely N-dealkylation sites (tertiary alicyclic amines) is 1. The fourth-order valence-corrected chi connectivity index (χ4v) is 5.65. The van der Waals surface area contributed by atoms with Gasteiger partial charge in [0.1, 0.15) is 12.1 Å². The summed E-state index contributed by atoms with van der Waals surface area (Å²) in [6.07, 6.45) is 13.3. The van der Waals surface area contributed by atoms with Crippen molar-refractivity contribution in [2.24, 2.45) is 5.92 Å². The minimum absolute atomic E-state index is 0.376. The summed E-state index contributed by atoms with van der Waals surface area (Å²) < 4.78 is 7.80. The first-order valence-electron chi connectivity index (χ1n) is 11.3. The number of carbonyl (C=O) groups excluding carboxylic acids is 1. The molecule has 2 aliphatic rings. The molecular weight excluding hydrogens is 436 g/mol. The molecule has 1 fully saturated rings. The second-order valence-corrected chi connectivity index (χ2v) is 9.51. The van der Waals surface area contributed by atoms with Crippen LogP contribution in [0, 0.1) is 18.3 Å². The highest BCUT2D eigenvalue weighted by atomic mass is 32.2. The zero-order chi connectivity index (χ0) is 22.8. The van der Waals surface area contributed by atoms with Crippen LogP contribution in [0.25, 0.3) is 11.2 Å². The Hall–Kier alpha value is -3.25. The topological polar surface area (TPSA) is 99.2 Å². The van der Waals surface area contributed by atoms with E-state index in [0.717, 1.165) is 85.2 Å². The van der Waals surface area contributed by atoms with Crippen molar-refractivity contribution in [2.75, 3.05) is 25.4 Å². The third-order valence-corrected chi connectivity index (χ3v) is 7.52. The van der Waals surface area contributed by atoms with E-state index in [2.05, 4.69) is 26.5 Å². The summed E-state index contributed by atoms with van der Waals surface area (Å²) in [6, 6.07) is 4.05. The zero-order valence-corrected chi connectivity index (χ0v) is 19.2. The van der Waals surface area contributed by atoms with Crippen molar-refractivity contribution in [3.05, 3.63) is 29.6 Å². The maximum absolute atomic E-state index is 11.0. The molecule has 8 nitrogen and oxygen atoms in total. The van der Waals surface area contributed by atoms with Crippen molar-refractivity contribution in [2.45, 2.75) is 48.7 Å². The van der Waals surface area contributed by atoms with Crippen LogP contribution in [-0.2, 0) is 17.8 Å². The molecule has 0 bridgehead atoms. The highest BCUT2D eigenvalue weighted by molar-refractivity contribution is 7.99. The minimum Gasteiger partial charge on any atom is -0.493 e. The number of hydrogen-bond acceptors (Lipinski definition) is 7. The molecule has 1 aromatic carbocycles. The Morgan fingerprint density at radius 2 is 2.15 bits per heavy atom. The van der Waals surface area contributed by atoms with Gasteiger partial charge in [0.15, 0.2) is 22.1 Å². The van der Waals surface area contributed by atoms with E-state index in [-0.39, 0.29) is 0 Å². The SMILES string of the molecule is C#Cc1cc2c(cc1Sc1nc3c(N)ncnc3n1CCCC1CCN(C=O)CC1)CCO2. The van der Waals surface area contributed by atoms with Gasteiger partial charge in [-0.05, 0) is 49.3 Å². The van der Waals surface area contributed by atoms with Gasteiger partial charge in [-0.25, -0.2) is 15.0 Å². The predicted molar refractivity (Wildman–Crippen MR) is 127 cm³/mol.